The number of nitrogens with zero attached hydrogens (tertiary/aromatic N) is 3. The summed E-state index contributed by atoms with van der Waals surface area (Å²) in [4.78, 5) is 42.1. The Morgan fingerprint density at radius 2 is 1.77 bits per heavy atom. The Labute approximate surface area is 182 Å². The molecule has 11 heteroatoms. The normalized spacial score (nSPS) is 19.4. The van der Waals surface area contributed by atoms with E-state index in [2.05, 4.69) is 4.72 Å². The number of amides is 3. The number of piperidine rings is 1. The molecule has 2 fully saturated rings. The van der Waals surface area contributed by atoms with Crippen molar-refractivity contribution in [2.75, 3.05) is 44.7 Å². The first-order valence-corrected chi connectivity index (χ1v) is 11.8. The van der Waals surface area contributed by atoms with Gasteiger partial charge in [-0.05, 0) is 44.5 Å². The molecule has 10 nitrogen and oxygen atoms in total. The molecule has 1 aromatic carbocycles. The highest BCUT2D eigenvalue weighted by atomic mass is 32.2. The molecule has 170 valence electrons. The van der Waals surface area contributed by atoms with Crippen LogP contribution in [-0.4, -0.2) is 81.8 Å². The van der Waals surface area contributed by atoms with E-state index in [9.17, 15) is 22.8 Å². The summed E-state index contributed by atoms with van der Waals surface area (Å²) in [7, 11) is -2.34. The van der Waals surface area contributed by atoms with Crippen LogP contribution in [0.1, 0.15) is 24.8 Å². The summed E-state index contributed by atoms with van der Waals surface area (Å²) in [6.07, 6.45) is 2.06. The van der Waals surface area contributed by atoms with Crippen molar-refractivity contribution in [1.82, 2.24) is 14.5 Å². The average molecular weight is 452 g/mol. The minimum atomic E-state index is -4.26. The number of nitrogens with two attached hydrogens (primary N) is 1. The SMILES string of the molecule is Cc1c(N2CCCCC2=O)cccc1S(=O)(=O)N[C@@H](C(N)=O)C(=O)N1CCN(C)CC1. The second-order valence-corrected chi connectivity index (χ2v) is 9.67. The summed E-state index contributed by atoms with van der Waals surface area (Å²) in [5.41, 5.74) is 6.27. The van der Waals surface area contributed by atoms with E-state index in [1.54, 1.807) is 24.0 Å². The molecule has 3 amide bonds. The Balaban J connectivity index is 1.86. The monoisotopic (exact) mass is 451 g/mol. The number of carbonyl (C=O) groups excluding carboxylic acids is 3. The second kappa shape index (κ2) is 9.33. The minimum absolute atomic E-state index is 0.0582. The van der Waals surface area contributed by atoms with Gasteiger partial charge < -0.3 is 20.4 Å². The number of rotatable bonds is 6. The van der Waals surface area contributed by atoms with Crippen molar-refractivity contribution >= 4 is 33.4 Å². The lowest BCUT2D eigenvalue weighted by atomic mass is 10.1. The van der Waals surface area contributed by atoms with Crippen LogP contribution in [0.15, 0.2) is 23.1 Å². The molecule has 3 rings (SSSR count). The standard InChI is InChI=1S/C20H29N5O5S/c1-14-15(25-9-4-3-8-17(25)26)6-5-7-16(14)31(29,30)22-18(19(21)27)20(28)24-12-10-23(2)11-13-24/h5-7,18,22H,3-4,8-13H2,1-2H3,(H2,21,27)/t18-/m0/s1. The third-order valence-electron chi connectivity index (χ3n) is 5.78. The Bertz CT molecular complexity index is 972. The van der Waals surface area contributed by atoms with Gasteiger partial charge in [-0.1, -0.05) is 6.07 Å². The van der Waals surface area contributed by atoms with Crippen LogP contribution < -0.4 is 15.4 Å². The topological polar surface area (TPSA) is 133 Å². The van der Waals surface area contributed by atoms with Crippen LogP contribution in [0.3, 0.4) is 0 Å². The Morgan fingerprint density at radius 1 is 1.10 bits per heavy atom. The van der Waals surface area contributed by atoms with Crippen molar-refractivity contribution in [3.63, 3.8) is 0 Å². The molecule has 0 aliphatic carbocycles. The van der Waals surface area contributed by atoms with Crippen LogP contribution in [0.2, 0.25) is 0 Å². The van der Waals surface area contributed by atoms with Crippen LogP contribution in [0, 0.1) is 6.92 Å². The molecular formula is C20H29N5O5S. The number of likely N-dealkylation sites (N-methyl/N-ethyl adjacent to an activating group) is 1. The van der Waals surface area contributed by atoms with Gasteiger partial charge in [0.2, 0.25) is 21.8 Å². The van der Waals surface area contributed by atoms with E-state index in [1.807, 2.05) is 11.9 Å². The van der Waals surface area contributed by atoms with Crippen molar-refractivity contribution < 1.29 is 22.8 Å². The van der Waals surface area contributed by atoms with Gasteiger partial charge in [-0.3, -0.25) is 14.4 Å². The number of sulfonamides is 1. The fraction of sp³-hybridized carbons (Fsp3) is 0.550. The molecule has 3 N–H and O–H groups in total. The van der Waals surface area contributed by atoms with E-state index >= 15 is 0 Å². The van der Waals surface area contributed by atoms with E-state index < -0.39 is 27.9 Å². The maximum atomic E-state index is 13.1. The largest absolute Gasteiger partial charge is 0.368 e. The predicted octanol–water partition coefficient (Wildman–Crippen LogP) is -0.582. The fourth-order valence-corrected chi connectivity index (χ4v) is 5.32. The molecule has 0 aromatic heterocycles. The van der Waals surface area contributed by atoms with Crippen LogP contribution in [0.5, 0.6) is 0 Å². The zero-order valence-corrected chi connectivity index (χ0v) is 18.7. The van der Waals surface area contributed by atoms with Crippen LogP contribution >= 0.6 is 0 Å². The van der Waals surface area contributed by atoms with Crippen molar-refractivity contribution in [1.29, 1.82) is 0 Å². The van der Waals surface area contributed by atoms with Crippen LogP contribution in [0.25, 0.3) is 0 Å². The van der Waals surface area contributed by atoms with E-state index in [0.29, 0.717) is 50.4 Å². The molecular weight excluding hydrogens is 422 g/mol. The van der Waals surface area contributed by atoms with Gasteiger partial charge in [-0.25, -0.2) is 8.42 Å². The Morgan fingerprint density at radius 3 is 2.39 bits per heavy atom. The third kappa shape index (κ3) is 5.05. The zero-order chi connectivity index (χ0) is 22.8. The van der Waals surface area contributed by atoms with Gasteiger partial charge >= 0.3 is 0 Å². The van der Waals surface area contributed by atoms with Crippen molar-refractivity contribution in [2.24, 2.45) is 5.73 Å². The highest BCUT2D eigenvalue weighted by molar-refractivity contribution is 7.89. The lowest BCUT2D eigenvalue weighted by Crippen LogP contribution is -2.58. The van der Waals surface area contributed by atoms with Crippen molar-refractivity contribution in [2.45, 2.75) is 37.1 Å². The number of benzene rings is 1. The smallest absolute Gasteiger partial charge is 0.250 e. The fourth-order valence-electron chi connectivity index (χ4n) is 3.91. The number of nitrogens with one attached hydrogen (secondary N) is 1. The Kier molecular flexibility index (Phi) is 6.97. The zero-order valence-electron chi connectivity index (χ0n) is 17.8. The molecule has 0 saturated carbocycles. The first-order valence-electron chi connectivity index (χ1n) is 10.3. The summed E-state index contributed by atoms with van der Waals surface area (Å²) in [6, 6.07) is 2.92. The highest BCUT2D eigenvalue weighted by Gasteiger charge is 2.35. The Hall–Kier alpha value is -2.50. The molecule has 2 heterocycles. The summed E-state index contributed by atoms with van der Waals surface area (Å²) >= 11 is 0. The predicted molar refractivity (Wildman–Crippen MR) is 115 cm³/mol. The number of piperazine rings is 1. The van der Waals surface area contributed by atoms with Gasteiger partial charge in [0, 0.05) is 44.8 Å². The first kappa shape index (κ1) is 23.2. The van der Waals surface area contributed by atoms with E-state index in [4.69, 9.17) is 5.73 Å². The molecule has 1 aromatic rings. The summed E-state index contributed by atoms with van der Waals surface area (Å²) in [5, 5.41) is 0. The molecule has 2 saturated heterocycles. The highest BCUT2D eigenvalue weighted by Crippen LogP contribution is 2.29. The summed E-state index contributed by atoms with van der Waals surface area (Å²) in [5.74, 6) is -1.78. The number of anilines is 1. The number of primary amides is 1. The van der Waals surface area contributed by atoms with Gasteiger partial charge in [-0.15, -0.1) is 0 Å². The van der Waals surface area contributed by atoms with Crippen molar-refractivity contribution in [3.8, 4) is 0 Å². The number of carbonyl (C=O) groups is 3. The third-order valence-corrected chi connectivity index (χ3v) is 7.35. The summed E-state index contributed by atoms with van der Waals surface area (Å²) in [6.45, 7) is 4.12. The quantitative estimate of drug-likeness (QED) is 0.556. The van der Waals surface area contributed by atoms with Crippen LogP contribution in [0.4, 0.5) is 5.69 Å². The molecule has 2 aliphatic heterocycles. The van der Waals surface area contributed by atoms with Crippen LogP contribution in [-0.2, 0) is 24.4 Å². The average Bonchev–Trinajstić information content (AvgIpc) is 2.72. The molecule has 31 heavy (non-hydrogen) atoms. The van der Waals surface area contributed by atoms with E-state index in [1.165, 1.54) is 11.0 Å². The maximum Gasteiger partial charge on any atom is 0.250 e. The molecule has 0 radical (unpaired) electrons. The van der Waals surface area contributed by atoms with Crippen molar-refractivity contribution in [3.05, 3.63) is 23.8 Å². The second-order valence-electron chi connectivity index (χ2n) is 7.99. The lowest BCUT2D eigenvalue weighted by Gasteiger charge is -2.34. The lowest BCUT2D eigenvalue weighted by molar-refractivity contribution is -0.138. The number of hydrogen-bond donors (Lipinski definition) is 2. The molecule has 2 aliphatic rings. The minimum Gasteiger partial charge on any atom is -0.368 e. The van der Waals surface area contributed by atoms with Gasteiger partial charge in [0.25, 0.3) is 5.91 Å². The van der Waals surface area contributed by atoms with E-state index in [0.717, 1.165) is 12.8 Å². The number of hydrogen-bond acceptors (Lipinski definition) is 6. The summed E-state index contributed by atoms with van der Waals surface area (Å²) < 4.78 is 28.4. The van der Waals surface area contributed by atoms with Gasteiger partial charge in [-0.2, -0.15) is 4.72 Å². The van der Waals surface area contributed by atoms with Gasteiger partial charge in [0.1, 0.15) is 0 Å². The molecule has 1 atom stereocenters. The van der Waals surface area contributed by atoms with Gasteiger partial charge in [0.05, 0.1) is 4.90 Å². The van der Waals surface area contributed by atoms with Gasteiger partial charge in [0.15, 0.2) is 6.04 Å². The first-order chi connectivity index (χ1) is 14.6. The molecule has 0 bridgehead atoms. The molecule has 0 unspecified atom stereocenters. The maximum absolute atomic E-state index is 13.1. The van der Waals surface area contributed by atoms with E-state index in [-0.39, 0.29) is 10.8 Å². The molecule has 0 spiro atoms.